The van der Waals surface area contributed by atoms with Gasteiger partial charge in [-0.05, 0) is 12.5 Å². The average Bonchev–Trinajstić information content (AvgIpc) is 1.84. The molecule has 0 spiro atoms. The van der Waals surface area contributed by atoms with Gasteiger partial charge in [-0.15, -0.1) is 0 Å². The average molecular weight is 144 g/mol. The van der Waals surface area contributed by atoms with Crippen molar-refractivity contribution in [2.45, 2.75) is 13.0 Å². The van der Waals surface area contributed by atoms with Crippen LogP contribution in [0.1, 0.15) is 6.92 Å². The van der Waals surface area contributed by atoms with Crippen LogP contribution in [0.5, 0.6) is 0 Å². The molecule has 0 bridgehead atoms. The molecule has 56 valence electrons. The van der Waals surface area contributed by atoms with Crippen molar-refractivity contribution in [2.75, 3.05) is 0 Å². The van der Waals surface area contributed by atoms with Crippen molar-refractivity contribution in [3.63, 3.8) is 0 Å². The Labute approximate surface area is 57.8 Å². The Kier molecular flexibility index (Phi) is 2.76. The topological polar surface area (TPSA) is 74.6 Å². The number of carbonyl (C=O) groups is 2. The Morgan fingerprint density at radius 1 is 1.50 bits per heavy atom. The summed E-state index contributed by atoms with van der Waals surface area (Å²) in [5.41, 5.74) is 0.0369. The lowest BCUT2D eigenvalue weighted by atomic mass is 10.1. The second kappa shape index (κ2) is 3.12. The maximum Gasteiger partial charge on any atom is 0.340 e. The summed E-state index contributed by atoms with van der Waals surface area (Å²) in [6.45, 7) is 4.53. The van der Waals surface area contributed by atoms with Gasteiger partial charge in [-0.25, -0.2) is 4.79 Å². The first-order valence-electron chi connectivity index (χ1n) is 2.57. The van der Waals surface area contributed by atoms with E-state index in [1.54, 1.807) is 0 Å². The Morgan fingerprint density at radius 3 is 2.00 bits per heavy atom. The van der Waals surface area contributed by atoms with Gasteiger partial charge in [0.2, 0.25) is 6.10 Å². The molecule has 2 N–H and O–H groups in total. The largest absolute Gasteiger partial charge is 0.479 e. The summed E-state index contributed by atoms with van der Waals surface area (Å²) in [6, 6.07) is 0. The Morgan fingerprint density at radius 2 is 1.90 bits per heavy atom. The van der Waals surface area contributed by atoms with Crippen molar-refractivity contribution in [3.05, 3.63) is 12.2 Å². The number of carboxylic acids is 1. The zero-order valence-electron chi connectivity index (χ0n) is 5.50. The van der Waals surface area contributed by atoms with Crippen LogP contribution in [0.2, 0.25) is 0 Å². The molecule has 0 aromatic carbocycles. The monoisotopic (exact) mass is 144 g/mol. The minimum atomic E-state index is -1.96. The quantitative estimate of drug-likeness (QED) is 0.416. The predicted molar refractivity (Wildman–Crippen MR) is 33.5 cm³/mol. The normalized spacial score (nSPS) is 12.2. The zero-order chi connectivity index (χ0) is 8.31. The minimum absolute atomic E-state index is 0.0369. The van der Waals surface area contributed by atoms with Gasteiger partial charge in [0.15, 0.2) is 5.78 Å². The van der Waals surface area contributed by atoms with E-state index in [1.165, 1.54) is 6.92 Å². The van der Waals surface area contributed by atoms with Crippen LogP contribution in [0.15, 0.2) is 12.2 Å². The molecule has 10 heavy (non-hydrogen) atoms. The molecule has 0 saturated heterocycles. The first kappa shape index (κ1) is 8.84. The fourth-order valence-electron chi connectivity index (χ4n) is 0.346. The van der Waals surface area contributed by atoms with E-state index in [0.717, 1.165) is 0 Å². The Bertz CT molecular complexity index is 182. The van der Waals surface area contributed by atoms with Gasteiger partial charge in [-0.1, -0.05) is 6.58 Å². The van der Waals surface area contributed by atoms with Gasteiger partial charge in [-0.3, -0.25) is 4.79 Å². The minimum Gasteiger partial charge on any atom is -0.479 e. The van der Waals surface area contributed by atoms with Crippen molar-refractivity contribution < 1.29 is 19.8 Å². The third kappa shape index (κ3) is 1.99. The third-order valence-electron chi connectivity index (χ3n) is 0.903. The lowest BCUT2D eigenvalue weighted by molar-refractivity contribution is -0.150. The molecule has 0 aliphatic carbocycles. The molecule has 0 aliphatic heterocycles. The number of aliphatic hydroxyl groups is 1. The fourth-order valence-corrected chi connectivity index (χ4v) is 0.346. The van der Waals surface area contributed by atoms with Crippen molar-refractivity contribution in [2.24, 2.45) is 0 Å². The van der Waals surface area contributed by atoms with Crippen LogP contribution in [0, 0.1) is 0 Å². The fraction of sp³-hybridized carbons (Fsp3) is 0.333. The number of carboxylic acid groups (broad SMARTS) is 1. The zero-order valence-corrected chi connectivity index (χ0v) is 5.50. The molecule has 0 aromatic rings. The molecule has 0 aromatic heterocycles. The van der Waals surface area contributed by atoms with Crippen LogP contribution < -0.4 is 0 Å². The van der Waals surface area contributed by atoms with Crippen LogP contribution in [0.25, 0.3) is 0 Å². The molecule has 0 fully saturated rings. The van der Waals surface area contributed by atoms with Crippen LogP contribution in [-0.4, -0.2) is 28.1 Å². The second-order valence-corrected chi connectivity index (χ2v) is 1.89. The highest BCUT2D eigenvalue weighted by atomic mass is 16.4. The van der Waals surface area contributed by atoms with Crippen LogP contribution in [0.3, 0.4) is 0 Å². The molecule has 0 aliphatic rings. The Balaban J connectivity index is 4.22. The van der Waals surface area contributed by atoms with E-state index < -0.39 is 17.9 Å². The van der Waals surface area contributed by atoms with Gasteiger partial charge in [0, 0.05) is 0 Å². The summed E-state index contributed by atoms with van der Waals surface area (Å²) in [6.07, 6.45) is -1.96. The summed E-state index contributed by atoms with van der Waals surface area (Å²) in [4.78, 5) is 20.5. The van der Waals surface area contributed by atoms with E-state index in [1.807, 2.05) is 0 Å². The summed E-state index contributed by atoms with van der Waals surface area (Å²) in [7, 11) is 0. The molecule has 0 heterocycles. The number of aliphatic hydroxyl groups excluding tert-OH is 1. The number of hydrogen-bond donors (Lipinski definition) is 2. The van der Waals surface area contributed by atoms with E-state index in [-0.39, 0.29) is 5.57 Å². The molecule has 0 radical (unpaired) electrons. The SMILES string of the molecule is C=C(C)C(=O)C(O)C(=O)O. The molecular formula is C6H8O4. The summed E-state index contributed by atoms with van der Waals surface area (Å²) >= 11 is 0. The highest BCUT2D eigenvalue weighted by molar-refractivity contribution is 6.09. The number of hydrogen-bond acceptors (Lipinski definition) is 3. The summed E-state index contributed by atoms with van der Waals surface area (Å²) in [5, 5.41) is 16.6. The van der Waals surface area contributed by atoms with E-state index in [9.17, 15) is 9.59 Å². The predicted octanol–water partition coefficient (Wildman–Crippen LogP) is -0.423. The summed E-state index contributed by atoms with van der Waals surface area (Å²) < 4.78 is 0. The van der Waals surface area contributed by atoms with Gasteiger partial charge >= 0.3 is 5.97 Å². The molecule has 1 unspecified atom stereocenters. The maximum absolute atomic E-state index is 10.6. The first-order valence-corrected chi connectivity index (χ1v) is 2.57. The highest BCUT2D eigenvalue weighted by Crippen LogP contribution is 1.95. The highest BCUT2D eigenvalue weighted by Gasteiger charge is 2.22. The number of carbonyl (C=O) groups excluding carboxylic acids is 1. The third-order valence-corrected chi connectivity index (χ3v) is 0.903. The molecule has 0 saturated carbocycles. The smallest absolute Gasteiger partial charge is 0.340 e. The van der Waals surface area contributed by atoms with Gasteiger partial charge in [-0.2, -0.15) is 0 Å². The van der Waals surface area contributed by atoms with Gasteiger partial charge < -0.3 is 10.2 Å². The van der Waals surface area contributed by atoms with Gasteiger partial charge in [0.25, 0.3) is 0 Å². The van der Waals surface area contributed by atoms with E-state index in [0.29, 0.717) is 0 Å². The van der Waals surface area contributed by atoms with Gasteiger partial charge in [0.1, 0.15) is 0 Å². The molecule has 0 amide bonds. The second-order valence-electron chi connectivity index (χ2n) is 1.89. The molecule has 1 atom stereocenters. The lowest BCUT2D eigenvalue weighted by Crippen LogP contribution is -2.29. The number of aliphatic carboxylic acids is 1. The lowest BCUT2D eigenvalue weighted by Gasteiger charge is -2.01. The standard InChI is InChI=1S/C6H8O4/c1-3(2)4(7)5(8)6(9)10/h5,8H,1H2,2H3,(H,9,10). The molecule has 4 nitrogen and oxygen atoms in total. The van der Waals surface area contributed by atoms with Crippen molar-refractivity contribution >= 4 is 11.8 Å². The van der Waals surface area contributed by atoms with Crippen molar-refractivity contribution in [1.82, 2.24) is 0 Å². The molecular weight excluding hydrogens is 136 g/mol. The van der Waals surface area contributed by atoms with Crippen molar-refractivity contribution in [1.29, 1.82) is 0 Å². The molecule has 4 heteroatoms. The first-order chi connectivity index (χ1) is 4.46. The Hall–Kier alpha value is -1.16. The van der Waals surface area contributed by atoms with Crippen LogP contribution in [-0.2, 0) is 9.59 Å². The number of Topliss-reactive ketones (excluding diaryl/α,β-unsaturated/α-hetero) is 1. The van der Waals surface area contributed by atoms with E-state index >= 15 is 0 Å². The van der Waals surface area contributed by atoms with Crippen LogP contribution in [0.4, 0.5) is 0 Å². The maximum atomic E-state index is 10.6. The van der Waals surface area contributed by atoms with E-state index in [4.69, 9.17) is 10.2 Å². The van der Waals surface area contributed by atoms with E-state index in [2.05, 4.69) is 6.58 Å². The number of rotatable bonds is 3. The summed E-state index contributed by atoms with van der Waals surface area (Å²) in [5.74, 6) is -2.40. The molecule has 0 rings (SSSR count). The van der Waals surface area contributed by atoms with Gasteiger partial charge in [0.05, 0.1) is 0 Å². The van der Waals surface area contributed by atoms with Crippen LogP contribution >= 0.6 is 0 Å². The van der Waals surface area contributed by atoms with Crippen molar-refractivity contribution in [3.8, 4) is 0 Å². The number of ketones is 1.